The van der Waals surface area contributed by atoms with Gasteiger partial charge in [-0.25, -0.2) is 4.98 Å². The van der Waals surface area contributed by atoms with Crippen LogP contribution in [0.5, 0.6) is 5.75 Å². The second-order valence-corrected chi connectivity index (χ2v) is 5.43. The molecule has 2 aromatic rings. The van der Waals surface area contributed by atoms with Crippen LogP contribution in [0.15, 0.2) is 6.07 Å². The number of nitrogens with zero attached hydrogens (tertiary/aromatic N) is 1. The quantitative estimate of drug-likeness (QED) is 0.901. The highest BCUT2D eigenvalue weighted by Crippen LogP contribution is 2.36. The summed E-state index contributed by atoms with van der Waals surface area (Å²) in [6.45, 7) is 8.26. The first kappa shape index (κ1) is 12.2. The molecular weight excluding hydrogens is 232 g/mol. The molecule has 1 aromatic heterocycles. The van der Waals surface area contributed by atoms with Gasteiger partial charge in [0, 0.05) is 12.6 Å². The van der Waals surface area contributed by atoms with Crippen molar-refractivity contribution >= 4 is 26.7 Å². The van der Waals surface area contributed by atoms with Crippen molar-refractivity contribution in [1.29, 1.82) is 0 Å². The molecule has 3 nitrogen and oxygen atoms in total. The lowest BCUT2D eigenvalue weighted by molar-refractivity contribution is 0.241. The molecule has 0 radical (unpaired) electrons. The number of thiazole rings is 1. The molecule has 1 heterocycles. The lowest BCUT2D eigenvalue weighted by atomic mass is 10.1. The summed E-state index contributed by atoms with van der Waals surface area (Å²) in [5.41, 5.74) is 3.42. The molecule has 0 unspecified atom stereocenters. The van der Waals surface area contributed by atoms with E-state index in [1.54, 1.807) is 11.3 Å². The van der Waals surface area contributed by atoms with E-state index in [2.05, 4.69) is 30.2 Å². The molecule has 17 heavy (non-hydrogen) atoms. The second-order valence-electron chi connectivity index (χ2n) is 4.43. The van der Waals surface area contributed by atoms with E-state index in [0.717, 1.165) is 16.4 Å². The maximum absolute atomic E-state index is 5.84. The maximum atomic E-state index is 5.84. The highest BCUT2D eigenvalue weighted by molar-refractivity contribution is 7.22. The summed E-state index contributed by atoms with van der Waals surface area (Å²) in [7, 11) is 1.90. The van der Waals surface area contributed by atoms with E-state index in [4.69, 9.17) is 4.74 Å². The Hall–Kier alpha value is -1.29. The summed E-state index contributed by atoms with van der Waals surface area (Å²) in [5, 5.41) is 4.05. The smallest absolute Gasteiger partial charge is 0.183 e. The van der Waals surface area contributed by atoms with Crippen molar-refractivity contribution in [3.05, 3.63) is 17.2 Å². The first-order valence-electron chi connectivity index (χ1n) is 5.78. The molecule has 0 saturated carbocycles. The van der Waals surface area contributed by atoms with Crippen molar-refractivity contribution in [3.63, 3.8) is 0 Å². The number of nitrogens with one attached hydrogen (secondary N) is 1. The van der Waals surface area contributed by atoms with Crippen LogP contribution in [-0.2, 0) is 0 Å². The normalized spacial score (nSPS) is 11.2. The zero-order valence-electron chi connectivity index (χ0n) is 10.9. The van der Waals surface area contributed by atoms with Crippen LogP contribution in [0, 0.1) is 13.8 Å². The Morgan fingerprint density at radius 3 is 2.65 bits per heavy atom. The van der Waals surface area contributed by atoms with Crippen molar-refractivity contribution in [1.82, 2.24) is 4.98 Å². The Kier molecular flexibility index (Phi) is 3.24. The van der Waals surface area contributed by atoms with E-state index in [9.17, 15) is 0 Å². The van der Waals surface area contributed by atoms with Gasteiger partial charge < -0.3 is 10.1 Å². The standard InChI is InChI=1S/C13H18N2OS/c1-7(2)16-10-6-8(3)11-12(9(10)4)17-13(14-5)15-11/h6-7H,1-5H3,(H,14,15). The van der Waals surface area contributed by atoms with Crippen molar-refractivity contribution in [2.45, 2.75) is 33.8 Å². The molecule has 0 aliphatic rings. The third kappa shape index (κ3) is 2.22. The molecule has 0 atom stereocenters. The minimum absolute atomic E-state index is 0.197. The molecule has 1 aromatic carbocycles. The zero-order chi connectivity index (χ0) is 12.6. The number of ether oxygens (including phenoxy) is 1. The van der Waals surface area contributed by atoms with Gasteiger partial charge in [0.15, 0.2) is 5.13 Å². The number of aryl methyl sites for hydroxylation is 2. The van der Waals surface area contributed by atoms with E-state index < -0.39 is 0 Å². The fourth-order valence-corrected chi connectivity index (χ4v) is 2.80. The lowest BCUT2D eigenvalue weighted by Crippen LogP contribution is -2.06. The Labute approximate surface area is 106 Å². The molecule has 1 N–H and O–H groups in total. The predicted molar refractivity (Wildman–Crippen MR) is 74.4 cm³/mol. The van der Waals surface area contributed by atoms with Crippen molar-refractivity contribution in [2.75, 3.05) is 12.4 Å². The molecule has 0 saturated heterocycles. The van der Waals surface area contributed by atoms with Crippen LogP contribution in [0.4, 0.5) is 5.13 Å². The number of fused-ring (bicyclic) bond motifs is 1. The summed E-state index contributed by atoms with van der Waals surface area (Å²) in [6, 6.07) is 2.08. The average Bonchev–Trinajstić information content (AvgIpc) is 2.69. The molecular formula is C13H18N2OS. The summed E-state index contributed by atoms with van der Waals surface area (Å²) in [4.78, 5) is 4.56. The van der Waals surface area contributed by atoms with E-state index >= 15 is 0 Å². The van der Waals surface area contributed by atoms with Crippen LogP contribution < -0.4 is 10.1 Å². The second kappa shape index (κ2) is 4.53. The minimum Gasteiger partial charge on any atom is -0.491 e. The average molecular weight is 250 g/mol. The Balaban J connectivity index is 2.61. The molecule has 0 aliphatic carbocycles. The highest BCUT2D eigenvalue weighted by atomic mass is 32.1. The van der Waals surface area contributed by atoms with Crippen LogP contribution in [-0.4, -0.2) is 18.1 Å². The number of hydrogen-bond acceptors (Lipinski definition) is 4. The molecule has 4 heteroatoms. The number of anilines is 1. The minimum atomic E-state index is 0.197. The monoisotopic (exact) mass is 250 g/mol. The predicted octanol–water partition coefficient (Wildman–Crippen LogP) is 3.74. The van der Waals surface area contributed by atoms with E-state index in [0.29, 0.717) is 0 Å². The third-order valence-electron chi connectivity index (χ3n) is 2.64. The van der Waals surface area contributed by atoms with Gasteiger partial charge in [-0.3, -0.25) is 0 Å². The highest BCUT2D eigenvalue weighted by Gasteiger charge is 2.13. The SMILES string of the molecule is CNc1nc2c(C)cc(OC(C)C)c(C)c2s1. The summed E-state index contributed by atoms with van der Waals surface area (Å²) >= 11 is 1.68. The van der Waals surface area contributed by atoms with E-state index in [-0.39, 0.29) is 6.10 Å². The van der Waals surface area contributed by atoms with Gasteiger partial charge in [-0.2, -0.15) is 0 Å². The van der Waals surface area contributed by atoms with Gasteiger partial charge in [0.05, 0.1) is 16.3 Å². The Bertz CT molecular complexity index is 546. The lowest BCUT2D eigenvalue weighted by Gasteiger charge is -2.13. The van der Waals surface area contributed by atoms with Gasteiger partial charge in [0.25, 0.3) is 0 Å². The van der Waals surface area contributed by atoms with Gasteiger partial charge >= 0.3 is 0 Å². The topological polar surface area (TPSA) is 34.2 Å². The van der Waals surface area contributed by atoms with Crippen molar-refractivity contribution in [2.24, 2.45) is 0 Å². The summed E-state index contributed by atoms with van der Waals surface area (Å²) < 4.78 is 7.05. The summed E-state index contributed by atoms with van der Waals surface area (Å²) in [6.07, 6.45) is 0.197. The van der Waals surface area contributed by atoms with Gasteiger partial charge in [-0.1, -0.05) is 11.3 Å². The Morgan fingerprint density at radius 1 is 1.35 bits per heavy atom. The van der Waals surface area contributed by atoms with Crippen LogP contribution in [0.25, 0.3) is 10.2 Å². The van der Waals surface area contributed by atoms with Gasteiger partial charge in [0.2, 0.25) is 0 Å². The molecule has 0 bridgehead atoms. The molecule has 92 valence electrons. The van der Waals surface area contributed by atoms with Crippen LogP contribution in [0.2, 0.25) is 0 Å². The summed E-state index contributed by atoms with van der Waals surface area (Å²) in [5.74, 6) is 0.969. The number of benzene rings is 1. The van der Waals surface area contributed by atoms with Crippen molar-refractivity contribution in [3.8, 4) is 5.75 Å². The molecule has 2 rings (SSSR count). The van der Waals surface area contributed by atoms with Gasteiger partial charge in [0.1, 0.15) is 5.75 Å². The van der Waals surface area contributed by atoms with Gasteiger partial charge in [-0.05, 0) is 39.3 Å². The maximum Gasteiger partial charge on any atom is 0.183 e. The number of rotatable bonds is 3. The van der Waals surface area contributed by atoms with E-state index in [1.165, 1.54) is 15.8 Å². The number of hydrogen-bond donors (Lipinski definition) is 1. The zero-order valence-corrected chi connectivity index (χ0v) is 11.7. The van der Waals surface area contributed by atoms with Crippen LogP contribution >= 0.6 is 11.3 Å². The molecule has 0 amide bonds. The fourth-order valence-electron chi connectivity index (χ4n) is 1.81. The van der Waals surface area contributed by atoms with E-state index in [1.807, 2.05) is 20.9 Å². The third-order valence-corrected chi connectivity index (χ3v) is 3.83. The molecule has 0 fully saturated rings. The largest absolute Gasteiger partial charge is 0.491 e. The first-order chi connectivity index (χ1) is 8.02. The molecule has 0 aliphatic heterocycles. The first-order valence-corrected chi connectivity index (χ1v) is 6.59. The Morgan fingerprint density at radius 2 is 2.06 bits per heavy atom. The molecule has 0 spiro atoms. The van der Waals surface area contributed by atoms with Crippen molar-refractivity contribution < 1.29 is 4.74 Å². The van der Waals surface area contributed by atoms with Crippen LogP contribution in [0.3, 0.4) is 0 Å². The van der Waals surface area contributed by atoms with Crippen LogP contribution in [0.1, 0.15) is 25.0 Å². The van der Waals surface area contributed by atoms with Gasteiger partial charge in [-0.15, -0.1) is 0 Å². The number of aromatic nitrogens is 1. The fraction of sp³-hybridized carbons (Fsp3) is 0.462.